The lowest BCUT2D eigenvalue weighted by Crippen LogP contribution is -2.24. The predicted octanol–water partition coefficient (Wildman–Crippen LogP) is 2.91. The number of carbonyl (C=O) groups is 1. The first-order valence-corrected chi connectivity index (χ1v) is 10.1. The maximum absolute atomic E-state index is 13.3. The normalized spacial score (nSPS) is 14.4. The molecular formula is C20H17F3N8O2. The number of anilines is 1. The summed E-state index contributed by atoms with van der Waals surface area (Å²) in [7, 11) is 1.27. The maximum atomic E-state index is 13.3. The van der Waals surface area contributed by atoms with Crippen LogP contribution in [0.25, 0.3) is 22.6 Å². The number of hydrogen-bond acceptors (Lipinski definition) is 6. The summed E-state index contributed by atoms with van der Waals surface area (Å²) in [5.41, 5.74) is -2.21. The number of halogens is 3. The molecule has 1 aliphatic carbocycles. The lowest BCUT2D eigenvalue weighted by atomic mass is 9.93. The minimum atomic E-state index is -4.75. The summed E-state index contributed by atoms with van der Waals surface area (Å²) in [6.45, 7) is 0. The number of pyridine rings is 2. The largest absolute Gasteiger partial charge is 0.435 e. The fourth-order valence-electron chi connectivity index (χ4n) is 3.76. The molecule has 1 amide bonds. The van der Waals surface area contributed by atoms with Gasteiger partial charge in [-0.2, -0.15) is 18.3 Å². The Morgan fingerprint density at radius 2 is 2.06 bits per heavy atom. The average molecular weight is 458 g/mol. The van der Waals surface area contributed by atoms with Crippen LogP contribution in [0.4, 0.5) is 19.0 Å². The molecule has 33 heavy (non-hydrogen) atoms. The van der Waals surface area contributed by atoms with Crippen molar-refractivity contribution in [1.29, 1.82) is 0 Å². The van der Waals surface area contributed by atoms with Crippen molar-refractivity contribution >= 4 is 22.8 Å². The molecule has 2 N–H and O–H groups in total. The smallest absolute Gasteiger partial charge is 0.309 e. The van der Waals surface area contributed by atoms with E-state index in [1.807, 2.05) is 4.57 Å². The molecule has 10 nitrogen and oxygen atoms in total. The summed E-state index contributed by atoms with van der Waals surface area (Å²) in [4.78, 5) is 31.8. The van der Waals surface area contributed by atoms with Crippen molar-refractivity contribution in [2.75, 3.05) is 5.32 Å². The van der Waals surface area contributed by atoms with E-state index in [1.165, 1.54) is 13.1 Å². The van der Waals surface area contributed by atoms with Crippen LogP contribution >= 0.6 is 0 Å². The van der Waals surface area contributed by atoms with E-state index in [2.05, 4.69) is 30.6 Å². The second-order valence-corrected chi connectivity index (χ2v) is 7.75. The first-order chi connectivity index (χ1) is 15.7. The van der Waals surface area contributed by atoms with Gasteiger partial charge in [0, 0.05) is 13.1 Å². The van der Waals surface area contributed by atoms with E-state index in [1.54, 1.807) is 18.5 Å². The van der Waals surface area contributed by atoms with Gasteiger partial charge in [-0.3, -0.25) is 14.3 Å². The number of rotatable bonds is 4. The number of aromatic amines is 1. The average Bonchev–Trinajstić information content (AvgIpc) is 3.31. The molecule has 1 fully saturated rings. The molecular weight excluding hydrogens is 441 g/mol. The Morgan fingerprint density at radius 1 is 1.27 bits per heavy atom. The highest BCUT2D eigenvalue weighted by Gasteiger charge is 2.37. The maximum Gasteiger partial charge on any atom is 0.435 e. The van der Waals surface area contributed by atoms with E-state index >= 15 is 0 Å². The van der Waals surface area contributed by atoms with Gasteiger partial charge in [-0.15, -0.1) is 10.2 Å². The summed E-state index contributed by atoms with van der Waals surface area (Å²) in [6.07, 6.45) is 0.0321. The summed E-state index contributed by atoms with van der Waals surface area (Å²) < 4.78 is 42.8. The molecule has 170 valence electrons. The molecule has 0 atom stereocenters. The lowest BCUT2D eigenvalue weighted by Gasteiger charge is -2.27. The molecule has 4 heterocycles. The van der Waals surface area contributed by atoms with Crippen molar-refractivity contribution < 1.29 is 18.0 Å². The number of H-pyrrole nitrogens is 1. The zero-order valence-electron chi connectivity index (χ0n) is 17.2. The van der Waals surface area contributed by atoms with E-state index in [0.29, 0.717) is 17.6 Å². The molecule has 0 unspecified atom stereocenters. The SMILES string of the molecule is Cn1nc(C(F)(F)F)c2cc(C(=O)Nc3cccc(-c4nncn4C4CCC4)n3)c(=O)[nH]c21. The third kappa shape index (κ3) is 3.64. The molecule has 0 aliphatic heterocycles. The number of fused-ring (bicyclic) bond motifs is 1. The van der Waals surface area contributed by atoms with E-state index in [0.717, 1.165) is 30.0 Å². The van der Waals surface area contributed by atoms with Gasteiger partial charge in [-0.1, -0.05) is 6.07 Å². The van der Waals surface area contributed by atoms with Crippen LogP contribution in [0.3, 0.4) is 0 Å². The molecule has 1 aliphatic rings. The standard InChI is InChI=1S/C20H17F3N8O2/c1-30-16-11(15(29-30)20(21,22)23)8-12(19(33)27-16)18(32)26-14-7-3-6-13(25-14)17-28-24-9-31(17)10-4-2-5-10/h3,6-10H,2,4-5H2,1H3,(H,27,33)(H,25,26,32). The number of hydrogen-bond donors (Lipinski definition) is 2. The van der Waals surface area contributed by atoms with Crippen molar-refractivity contribution in [3.8, 4) is 11.5 Å². The van der Waals surface area contributed by atoms with Crippen LogP contribution in [-0.4, -0.2) is 40.4 Å². The first kappa shape index (κ1) is 20.8. The summed E-state index contributed by atoms with van der Waals surface area (Å²) in [5, 5.41) is 13.6. The van der Waals surface area contributed by atoms with Crippen LogP contribution in [0.5, 0.6) is 0 Å². The van der Waals surface area contributed by atoms with Gasteiger partial charge in [0.25, 0.3) is 11.5 Å². The number of nitrogens with zero attached hydrogens (tertiary/aromatic N) is 6. The van der Waals surface area contributed by atoms with Crippen LogP contribution in [0.2, 0.25) is 0 Å². The van der Waals surface area contributed by atoms with Crippen LogP contribution in [0.15, 0.2) is 35.4 Å². The quantitative estimate of drug-likeness (QED) is 0.485. The van der Waals surface area contributed by atoms with Gasteiger partial charge < -0.3 is 14.9 Å². The van der Waals surface area contributed by atoms with Crippen molar-refractivity contribution in [3.63, 3.8) is 0 Å². The number of nitrogens with one attached hydrogen (secondary N) is 2. The molecule has 13 heteroatoms. The topological polar surface area (TPSA) is 123 Å². The molecule has 5 rings (SSSR count). The number of aromatic nitrogens is 7. The summed E-state index contributed by atoms with van der Waals surface area (Å²) in [5.74, 6) is -0.247. The Morgan fingerprint density at radius 3 is 2.76 bits per heavy atom. The Balaban J connectivity index is 1.47. The lowest BCUT2D eigenvalue weighted by molar-refractivity contribution is -0.140. The molecule has 0 radical (unpaired) electrons. The second-order valence-electron chi connectivity index (χ2n) is 7.75. The van der Waals surface area contributed by atoms with Crippen molar-refractivity contribution in [1.82, 2.24) is 34.5 Å². The first-order valence-electron chi connectivity index (χ1n) is 10.1. The van der Waals surface area contributed by atoms with Crippen molar-refractivity contribution in [3.05, 3.63) is 52.2 Å². The Kier molecular flexibility index (Phi) is 4.76. The van der Waals surface area contributed by atoms with Gasteiger partial charge in [0.15, 0.2) is 11.5 Å². The number of aryl methyl sites for hydroxylation is 1. The Hall–Kier alpha value is -4.03. The van der Waals surface area contributed by atoms with Gasteiger partial charge in [0.2, 0.25) is 0 Å². The van der Waals surface area contributed by atoms with Crippen molar-refractivity contribution in [2.24, 2.45) is 7.05 Å². The van der Waals surface area contributed by atoms with E-state index in [9.17, 15) is 22.8 Å². The monoisotopic (exact) mass is 458 g/mol. The van der Waals surface area contributed by atoms with Gasteiger partial charge >= 0.3 is 6.18 Å². The fourth-order valence-corrected chi connectivity index (χ4v) is 3.76. The van der Waals surface area contributed by atoms with E-state index in [4.69, 9.17) is 0 Å². The highest BCUT2D eigenvalue weighted by atomic mass is 19.4. The number of alkyl halides is 3. The second kappa shape index (κ2) is 7.53. The zero-order valence-corrected chi connectivity index (χ0v) is 17.2. The molecule has 0 saturated heterocycles. The van der Waals surface area contributed by atoms with E-state index < -0.39 is 28.9 Å². The molecule has 0 bridgehead atoms. The van der Waals surface area contributed by atoms with Gasteiger partial charge in [-0.05, 0) is 37.5 Å². The Labute approximate surface area is 183 Å². The Bertz CT molecular complexity index is 1430. The summed E-state index contributed by atoms with van der Waals surface area (Å²) >= 11 is 0. The third-order valence-corrected chi connectivity index (χ3v) is 5.62. The van der Waals surface area contributed by atoms with Crippen molar-refractivity contribution in [2.45, 2.75) is 31.5 Å². The molecule has 4 aromatic heterocycles. The molecule has 0 aromatic carbocycles. The predicted molar refractivity (Wildman–Crippen MR) is 110 cm³/mol. The minimum Gasteiger partial charge on any atom is -0.309 e. The number of carbonyl (C=O) groups excluding carboxylic acids is 1. The highest BCUT2D eigenvalue weighted by molar-refractivity contribution is 6.05. The van der Waals surface area contributed by atoms with Gasteiger partial charge in [0.1, 0.15) is 29.0 Å². The fraction of sp³-hybridized carbons (Fsp3) is 0.300. The van der Waals surface area contributed by atoms with Crippen LogP contribution in [0, 0.1) is 0 Å². The molecule has 0 spiro atoms. The zero-order chi connectivity index (χ0) is 23.3. The third-order valence-electron chi connectivity index (χ3n) is 5.62. The minimum absolute atomic E-state index is 0.113. The van der Waals surface area contributed by atoms with Gasteiger partial charge in [0.05, 0.1) is 5.39 Å². The summed E-state index contributed by atoms with van der Waals surface area (Å²) in [6, 6.07) is 6.04. The van der Waals surface area contributed by atoms with E-state index in [-0.39, 0.29) is 16.9 Å². The van der Waals surface area contributed by atoms with Crippen LogP contribution < -0.4 is 10.9 Å². The van der Waals surface area contributed by atoms with Gasteiger partial charge in [-0.25, -0.2) is 4.98 Å². The highest BCUT2D eigenvalue weighted by Crippen LogP contribution is 2.34. The number of amides is 1. The molecule has 1 saturated carbocycles. The molecule has 4 aromatic rings. The van der Waals surface area contributed by atoms with Crippen LogP contribution in [0.1, 0.15) is 41.4 Å². The van der Waals surface area contributed by atoms with Crippen LogP contribution in [-0.2, 0) is 13.2 Å².